The van der Waals surface area contributed by atoms with Crippen molar-refractivity contribution >= 4 is 15.7 Å². The molecule has 0 amide bonds. The third-order valence-electron chi connectivity index (χ3n) is 7.92. The number of benzene rings is 2. The fourth-order valence-electron chi connectivity index (χ4n) is 6.69. The predicted molar refractivity (Wildman–Crippen MR) is 114 cm³/mol. The van der Waals surface area contributed by atoms with Gasteiger partial charge in [-0.3, -0.25) is 0 Å². The zero-order valence-corrected chi connectivity index (χ0v) is 17.4. The van der Waals surface area contributed by atoms with E-state index in [4.69, 9.17) is 0 Å². The second kappa shape index (κ2) is 6.58. The van der Waals surface area contributed by atoms with Gasteiger partial charge in [0.15, 0.2) is 0 Å². The Morgan fingerprint density at radius 2 is 1.69 bits per heavy atom. The Hall–Kier alpha value is -1.85. The largest absolute Gasteiger partial charge is 0.378 e. The molecule has 6 rings (SSSR count). The normalized spacial score (nSPS) is 33.3. The third kappa shape index (κ3) is 2.70. The molecule has 2 heterocycles. The highest BCUT2D eigenvalue weighted by atomic mass is 32.2. The fraction of sp³-hybridized carbons (Fsp3) is 0.500. The molecule has 2 aliphatic heterocycles. The Morgan fingerprint density at radius 1 is 0.931 bits per heavy atom. The first-order valence-electron chi connectivity index (χ1n) is 11.1. The van der Waals surface area contributed by atoms with Crippen molar-refractivity contribution in [3.8, 4) is 0 Å². The second-order valence-electron chi connectivity index (χ2n) is 9.33. The first-order chi connectivity index (χ1) is 14.1. The van der Waals surface area contributed by atoms with Crippen LogP contribution in [0.3, 0.4) is 0 Å². The van der Waals surface area contributed by atoms with E-state index in [1.807, 2.05) is 18.2 Å². The highest BCUT2D eigenvalue weighted by Crippen LogP contribution is 2.63. The van der Waals surface area contributed by atoms with E-state index in [2.05, 4.69) is 35.6 Å². The molecule has 29 heavy (non-hydrogen) atoms. The Morgan fingerprint density at radius 3 is 2.48 bits per heavy atom. The van der Waals surface area contributed by atoms with Gasteiger partial charge in [0.1, 0.15) is 0 Å². The van der Waals surface area contributed by atoms with Crippen molar-refractivity contribution in [2.45, 2.75) is 49.0 Å². The number of nitrogens with one attached hydrogen (secondary N) is 1. The minimum Gasteiger partial charge on any atom is -0.378 e. The quantitative estimate of drug-likeness (QED) is 0.796. The van der Waals surface area contributed by atoms with Crippen molar-refractivity contribution in [2.24, 2.45) is 17.8 Å². The van der Waals surface area contributed by atoms with Gasteiger partial charge in [-0.2, -0.15) is 4.31 Å². The zero-order chi connectivity index (χ0) is 19.6. The van der Waals surface area contributed by atoms with Crippen LogP contribution in [0.25, 0.3) is 0 Å². The number of rotatable bonds is 3. The van der Waals surface area contributed by atoms with Gasteiger partial charge in [-0.25, -0.2) is 8.42 Å². The van der Waals surface area contributed by atoms with Gasteiger partial charge in [-0.05, 0) is 85.1 Å². The van der Waals surface area contributed by atoms with Crippen LogP contribution < -0.4 is 5.32 Å². The smallest absolute Gasteiger partial charge is 0.243 e. The summed E-state index contributed by atoms with van der Waals surface area (Å²) in [5.74, 6) is 2.48. The lowest BCUT2D eigenvalue weighted by atomic mass is 9.68. The molecule has 4 nitrogen and oxygen atoms in total. The molecule has 5 atom stereocenters. The molecule has 5 heteroatoms. The van der Waals surface area contributed by atoms with E-state index in [-0.39, 0.29) is 0 Å². The van der Waals surface area contributed by atoms with Gasteiger partial charge >= 0.3 is 0 Å². The first-order valence-corrected chi connectivity index (χ1v) is 12.5. The van der Waals surface area contributed by atoms with Crippen molar-refractivity contribution in [1.29, 1.82) is 0 Å². The minimum absolute atomic E-state index is 0.324. The molecule has 2 aromatic carbocycles. The molecule has 0 aromatic heterocycles. The topological polar surface area (TPSA) is 49.4 Å². The van der Waals surface area contributed by atoms with E-state index >= 15 is 0 Å². The minimum atomic E-state index is -3.37. The average molecular weight is 409 g/mol. The summed E-state index contributed by atoms with van der Waals surface area (Å²) in [7, 11) is -3.37. The van der Waals surface area contributed by atoms with Crippen molar-refractivity contribution in [3.63, 3.8) is 0 Å². The van der Waals surface area contributed by atoms with Crippen LogP contribution in [0.5, 0.6) is 0 Å². The number of nitrogens with zero attached hydrogens (tertiary/aromatic N) is 1. The standard InChI is InChI=1S/C24H28N2O2S/c27-29(28,26-12-4-5-13-26)19-10-11-21-20(15-19)22-17-8-9-18(14-17)23(22)24(25-21)16-6-2-1-3-7-16/h1-3,6-7,10-11,15,17-18,22-25H,4-5,8-9,12-14H2. The lowest BCUT2D eigenvalue weighted by molar-refractivity contribution is 0.247. The van der Waals surface area contributed by atoms with Gasteiger partial charge in [0.05, 0.1) is 10.9 Å². The first kappa shape index (κ1) is 18.0. The van der Waals surface area contributed by atoms with Crippen molar-refractivity contribution < 1.29 is 8.42 Å². The molecule has 3 fully saturated rings. The number of anilines is 1. The Balaban J connectivity index is 1.44. The van der Waals surface area contributed by atoms with Crippen LogP contribution >= 0.6 is 0 Å². The molecule has 1 saturated heterocycles. The number of sulfonamides is 1. The summed E-state index contributed by atoms with van der Waals surface area (Å²) in [5.41, 5.74) is 3.73. The van der Waals surface area contributed by atoms with Gasteiger partial charge in [0.25, 0.3) is 0 Å². The summed E-state index contributed by atoms with van der Waals surface area (Å²) in [6, 6.07) is 17.0. The summed E-state index contributed by atoms with van der Waals surface area (Å²) < 4.78 is 28.0. The molecular weight excluding hydrogens is 380 g/mol. The van der Waals surface area contributed by atoms with Crippen LogP contribution in [-0.2, 0) is 10.0 Å². The van der Waals surface area contributed by atoms with Crippen LogP contribution in [0.1, 0.15) is 55.2 Å². The van der Waals surface area contributed by atoms with Gasteiger partial charge in [0, 0.05) is 18.8 Å². The summed E-state index contributed by atoms with van der Waals surface area (Å²) in [4.78, 5) is 0.486. The van der Waals surface area contributed by atoms with Crippen LogP contribution in [-0.4, -0.2) is 25.8 Å². The van der Waals surface area contributed by atoms with Crippen LogP contribution in [0.2, 0.25) is 0 Å². The van der Waals surface area contributed by atoms with E-state index in [0.29, 0.717) is 41.8 Å². The molecule has 4 aliphatic rings. The van der Waals surface area contributed by atoms with Crippen molar-refractivity contribution in [2.75, 3.05) is 18.4 Å². The van der Waals surface area contributed by atoms with Gasteiger partial charge < -0.3 is 5.32 Å². The SMILES string of the molecule is O=S(=O)(c1ccc2c(c1)C1C3CCC(C3)C1C(c1ccccc1)N2)N1CCCC1. The summed E-state index contributed by atoms with van der Waals surface area (Å²) in [5, 5.41) is 3.81. The molecule has 1 N–H and O–H groups in total. The van der Waals surface area contributed by atoms with E-state index in [1.165, 1.54) is 30.4 Å². The second-order valence-corrected chi connectivity index (χ2v) is 11.3. The Kier molecular flexibility index (Phi) is 4.07. The molecule has 2 saturated carbocycles. The fourth-order valence-corrected chi connectivity index (χ4v) is 8.25. The summed E-state index contributed by atoms with van der Waals surface area (Å²) >= 11 is 0. The van der Waals surface area contributed by atoms with Crippen molar-refractivity contribution in [1.82, 2.24) is 4.31 Å². The molecule has 2 bridgehead atoms. The Labute approximate surface area is 173 Å². The van der Waals surface area contributed by atoms with Gasteiger partial charge in [0.2, 0.25) is 10.0 Å². The molecule has 0 spiro atoms. The van der Waals surface area contributed by atoms with Gasteiger partial charge in [-0.15, -0.1) is 0 Å². The average Bonchev–Trinajstić information content (AvgIpc) is 3.51. The number of hydrogen-bond acceptors (Lipinski definition) is 3. The molecule has 152 valence electrons. The van der Waals surface area contributed by atoms with E-state index in [0.717, 1.165) is 24.4 Å². The van der Waals surface area contributed by atoms with Gasteiger partial charge in [-0.1, -0.05) is 30.3 Å². The van der Waals surface area contributed by atoms with Crippen LogP contribution in [0, 0.1) is 17.8 Å². The maximum absolute atomic E-state index is 13.2. The third-order valence-corrected chi connectivity index (χ3v) is 9.81. The van der Waals surface area contributed by atoms with E-state index in [9.17, 15) is 8.42 Å². The molecule has 2 aromatic rings. The molecule has 0 radical (unpaired) electrons. The maximum atomic E-state index is 13.2. The molecule has 2 aliphatic carbocycles. The highest BCUT2D eigenvalue weighted by Gasteiger charge is 2.54. The monoisotopic (exact) mass is 408 g/mol. The predicted octanol–water partition coefficient (Wildman–Crippen LogP) is 4.77. The number of hydrogen-bond donors (Lipinski definition) is 1. The maximum Gasteiger partial charge on any atom is 0.243 e. The Bertz CT molecular complexity index is 1030. The molecule has 5 unspecified atom stereocenters. The molecular formula is C24H28N2O2S. The zero-order valence-electron chi connectivity index (χ0n) is 16.6. The summed E-state index contributed by atoms with van der Waals surface area (Å²) in [6.07, 6.45) is 5.84. The van der Waals surface area contributed by atoms with Crippen LogP contribution in [0.4, 0.5) is 5.69 Å². The highest BCUT2D eigenvalue weighted by molar-refractivity contribution is 7.89. The lowest BCUT2D eigenvalue weighted by Crippen LogP contribution is -2.36. The van der Waals surface area contributed by atoms with E-state index in [1.54, 1.807) is 4.31 Å². The lowest BCUT2D eigenvalue weighted by Gasteiger charge is -2.43. The van der Waals surface area contributed by atoms with Crippen LogP contribution in [0.15, 0.2) is 53.4 Å². The number of fused-ring (bicyclic) bond motifs is 7. The summed E-state index contributed by atoms with van der Waals surface area (Å²) in [6.45, 7) is 1.31. The van der Waals surface area contributed by atoms with Crippen molar-refractivity contribution in [3.05, 3.63) is 59.7 Å². The van der Waals surface area contributed by atoms with E-state index < -0.39 is 10.0 Å².